The summed E-state index contributed by atoms with van der Waals surface area (Å²) in [6, 6.07) is 9.65. The van der Waals surface area contributed by atoms with E-state index in [0.717, 1.165) is 5.69 Å². The Kier molecular flexibility index (Phi) is 3.73. The molecule has 0 unspecified atom stereocenters. The van der Waals surface area contributed by atoms with Crippen molar-refractivity contribution in [2.24, 2.45) is 0 Å². The third-order valence-electron chi connectivity index (χ3n) is 1.83. The molecule has 74 valence electrons. The smallest absolute Gasteiger partial charge is 0.331 e. The molecule has 0 atom stereocenters. The molecule has 14 heavy (non-hydrogen) atoms. The number of aliphatic carboxylic acids is 1. The van der Waals surface area contributed by atoms with Gasteiger partial charge in [0.2, 0.25) is 0 Å². The molecule has 0 heterocycles. The number of benzene rings is 1. The molecule has 0 fully saturated rings. The fraction of sp³-hybridized carbons (Fsp3) is 0.182. The third kappa shape index (κ3) is 3.31. The number of anilines is 1. The molecule has 0 radical (unpaired) electrons. The second kappa shape index (κ2) is 5.07. The van der Waals surface area contributed by atoms with Crippen LogP contribution in [0.4, 0.5) is 5.69 Å². The fourth-order valence-corrected chi connectivity index (χ4v) is 1.02. The van der Waals surface area contributed by atoms with Crippen LogP contribution in [0.1, 0.15) is 6.42 Å². The Labute approximate surface area is 83.1 Å². The Hall–Kier alpha value is -1.77. The predicted octanol–water partition coefficient (Wildman–Crippen LogP) is 2.13. The summed E-state index contributed by atoms with van der Waals surface area (Å²) in [6.07, 6.45) is 0.449. The first kappa shape index (κ1) is 10.3. The molecule has 1 aromatic carbocycles. The molecule has 0 saturated carbocycles. The monoisotopic (exact) mass is 191 g/mol. The molecule has 0 aliphatic carbocycles. The summed E-state index contributed by atoms with van der Waals surface area (Å²) in [4.78, 5) is 10.4. The minimum atomic E-state index is -0.931. The Morgan fingerprint density at radius 3 is 2.57 bits per heavy atom. The van der Waals surface area contributed by atoms with Crippen LogP contribution < -0.4 is 5.32 Å². The zero-order valence-corrected chi connectivity index (χ0v) is 7.86. The van der Waals surface area contributed by atoms with Gasteiger partial charge in [-0.3, -0.25) is 0 Å². The standard InChI is InChI=1S/C11H13NO2/c1-9(11(13)14)7-8-12-10-5-3-2-4-6-10/h2-6,12H,1,7-8H2,(H,13,14). The SMILES string of the molecule is C=C(CCNc1ccccc1)C(=O)O. The highest BCUT2D eigenvalue weighted by Crippen LogP contribution is 2.06. The molecule has 3 heteroatoms. The van der Waals surface area contributed by atoms with E-state index in [1.165, 1.54) is 0 Å². The van der Waals surface area contributed by atoms with Crippen molar-refractivity contribution in [1.29, 1.82) is 0 Å². The maximum atomic E-state index is 10.4. The molecule has 0 aromatic heterocycles. The van der Waals surface area contributed by atoms with Crippen molar-refractivity contribution in [1.82, 2.24) is 0 Å². The lowest BCUT2D eigenvalue weighted by Crippen LogP contribution is -2.07. The number of hydrogen-bond acceptors (Lipinski definition) is 2. The van der Waals surface area contributed by atoms with E-state index in [0.29, 0.717) is 13.0 Å². The van der Waals surface area contributed by atoms with Crippen molar-refractivity contribution < 1.29 is 9.90 Å². The van der Waals surface area contributed by atoms with Gasteiger partial charge in [0.15, 0.2) is 0 Å². The topological polar surface area (TPSA) is 49.3 Å². The first-order valence-electron chi connectivity index (χ1n) is 4.40. The number of carboxylic acids is 1. The van der Waals surface area contributed by atoms with Crippen LogP contribution in [0.25, 0.3) is 0 Å². The number of nitrogens with one attached hydrogen (secondary N) is 1. The van der Waals surface area contributed by atoms with Gasteiger partial charge in [0, 0.05) is 17.8 Å². The number of rotatable bonds is 5. The number of carbonyl (C=O) groups is 1. The van der Waals surface area contributed by atoms with Crippen LogP contribution in [0.2, 0.25) is 0 Å². The summed E-state index contributed by atoms with van der Waals surface area (Å²) in [5, 5.41) is 11.7. The van der Waals surface area contributed by atoms with E-state index in [4.69, 9.17) is 5.11 Å². The molecular weight excluding hydrogens is 178 g/mol. The molecule has 3 nitrogen and oxygen atoms in total. The molecule has 0 saturated heterocycles. The van der Waals surface area contributed by atoms with Gasteiger partial charge in [-0.2, -0.15) is 0 Å². The predicted molar refractivity (Wildman–Crippen MR) is 56.3 cm³/mol. The van der Waals surface area contributed by atoms with E-state index in [1.807, 2.05) is 30.3 Å². The minimum Gasteiger partial charge on any atom is -0.478 e. The molecule has 1 rings (SSSR count). The number of hydrogen-bond donors (Lipinski definition) is 2. The van der Waals surface area contributed by atoms with Crippen molar-refractivity contribution in [2.45, 2.75) is 6.42 Å². The van der Waals surface area contributed by atoms with Crippen molar-refractivity contribution >= 4 is 11.7 Å². The number of para-hydroxylation sites is 1. The zero-order valence-electron chi connectivity index (χ0n) is 7.86. The fourth-order valence-electron chi connectivity index (χ4n) is 1.02. The quantitative estimate of drug-likeness (QED) is 0.701. The lowest BCUT2D eigenvalue weighted by Gasteiger charge is -2.05. The first-order valence-corrected chi connectivity index (χ1v) is 4.40. The van der Waals surface area contributed by atoms with E-state index in [1.54, 1.807) is 0 Å². The summed E-state index contributed by atoms with van der Waals surface area (Å²) >= 11 is 0. The Morgan fingerprint density at radius 1 is 1.36 bits per heavy atom. The van der Waals surface area contributed by atoms with Gasteiger partial charge in [-0.25, -0.2) is 4.79 Å². The van der Waals surface area contributed by atoms with Gasteiger partial charge in [0.25, 0.3) is 0 Å². The lowest BCUT2D eigenvalue weighted by molar-refractivity contribution is -0.132. The normalized spacial score (nSPS) is 9.43. The van der Waals surface area contributed by atoms with Gasteiger partial charge in [-0.1, -0.05) is 24.8 Å². The number of carboxylic acid groups (broad SMARTS) is 1. The van der Waals surface area contributed by atoms with Crippen molar-refractivity contribution in [3.63, 3.8) is 0 Å². The molecule has 1 aromatic rings. The lowest BCUT2D eigenvalue weighted by atomic mass is 10.2. The summed E-state index contributed by atoms with van der Waals surface area (Å²) < 4.78 is 0. The van der Waals surface area contributed by atoms with Gasteiger partial charge >= 0.3 is 5.97 Å². The minimum absolute atomic E-state index is 0.230. The van der Waals surface area contributed by atoms with E-state index >= 15 is 0 Å². The largest absolute Gasteiger partial charge is 0.478 e. The van der Waals surface area contributed by atoms with E-state index in [-0.39, 0.29) is 5.57 Å². The van der Waals surface area contributed by atoms with E-state index in [2.05, 4.69) is 11.9 Å². The third-order valence-corrected chi connectivity index (χ3v) is 1.83. The van der Waals surface area contributed by atoms with Crippen molar-refractivity contribution in [3.05, 3.63) is 42.5 Å². The van der Waals surface area contributed by atoms with Crippen molar-refractivity contribution in [2.75, 3.05) is 11.9 Å². The molecule has 0 bridgehead atoms. The van der Waals surface area contributed by atoms with Crippen LogP contribution in [0, 0.1) is 0 Å². The Bertz CT molecular complexity index is 319. The maximum absolute atomic E-state index is 10.4. The van der Waals surface area contributed by atoms with E-state index < -0.39 is 5.97 Å². The zero-order chi connectivity index (χ0) is 10.4. The summed E-state index contributed by atoms with van der Waals surface area (Å²) in [6.45, 7) is 4.04. The molecule has 2 N–H and O–H groups in total. The molecule has 0 aliphatic heterocycles. The summed E-state index contributed by atoms with van der Waals surface area (Å²) in [5.41, 5.74) is 1.22. The van der Waals surface area contributed by atoms with Crippen LogP contribution in [-0.2, 0) is 4.79 Å². The van der Waals surface area contributed by atoms with Crippen LogP contribution in [0.15, 0.2) is 42.5 Å². The highest BCUT2D eigenvalue weighted by molar-refractivity contribution is 5.85. The average molecular weight is 191 g/mol. The second-order valence-corrected chi connectivity index (χ2v) is 2.95. The van der Waals surface area contributed by atoms with Gasteiger partial charge in [-0.15, -0.1) is 0 Å². The molecule has 0 aliphatic rings. The van der Waals surface area contributed by atoms with E-state index in [9.17, 15) is 4.79 Å². The van der Waals surface area contributed by atoms with Crippen LogP contribution in [-0.4, -0.2) is 17.6 Å². The van der Waals surface area contributed by atoms with Crippen LogP contribution in [0.5, 0.6) is 0 Å². The van der Waals surface area contributed by atoms with Gasteiger partial charge in [0.05, 0.1) is 0 Å². The second-order valence-electron chi connectivity index (χ2n) is 2.95. The molecule has 0 amide bonds. The first-order chi connectivity index (χ1) is 6.70. The highest BCUT2D eigenvalue weighted by atomic mass is 16.4. The molecular formula is C11H13NO2. The maximum Gasteiger partial charge on any atom is 0.331 e. The molecule has 0 spiro atoms. The summed E-state index contributed by atoms with van der Waals surface area (Å²) in [7, 11) is 0. The van der Waals surface area contributed by atoms with Crippen molar-refractivity contribution in [3.8, 4) is 0 Å². The van der Waals surface area contributed by atoms with Gasteiger partial charge in [-0.05, 0) is 18.6 Å². The Morgan fingerprint density at radius 2 is 2.00 bits per heavy atom. The van der Waals surface area contributed by atoms with Crippen LogP contribution >= 0.6 is 0 Å². The highest BCUT2D eigenvalue weighted by Gasteiger charge is 2.02. The van der Waals surface area contributed by atoms with Crippen LogP contribution in [0.3, 0.4) is 0 Å². The summed E-state index contributed by atoms with van der Waals surface area (Å²) in [5.74, 6) is -0.931. The van der Waals surface area contributed by atoms with Gasteiger partial charge in [0.1, 0.15) is 0 Å². The average Bonchev–Trinajstić information content (AvgIpc) is 2.19. The Balaban J connectivity index is 2.29. The van der Waals surface area contributed by atoms with Gasteiger partial charge < -0.3 is 10.4 Å².